The van der Waals surface area contributed by atoms with Gasteiger partial charge in [-0.2, -0.15) is 0 Å². The van der Waals surface area contributed by atoms with Crippen LogP contribution in [0.1, 0.15) is 0 Å². The standard InChI is InChI=1S/C9H12N4O2/c1-10-9(15)12-7-2-4-8(5-3-7)13-11-6-14/h2-6,13H,1H3,(H,11,14)(H2,10,12,15). The van der Waals surface area contributed by atoms with E-state index >= 15 is 0 Å². The molecule has 0 fully saturated rings. The number of carbonyl (C=O) groups excluding carboxylic acids is 2. The van der Waals surface area contributed by atoms with E-state index < -0.39 is 0 Å². The summed E-state index contributed by atoms with van der Waals surface area (Å²) in [5.41, 5.74) is 6.35. The van der Waals surface area contributed by atoms with E-state index in [-0.39, 0.29) is 6.03 Å². The number of hydrazine groups is 1. The Morgan fingerprint density at radius 3 is 2.33 bits per heavy atom. The summed E-state index contributed by atoms with van der Waals surface area (Å²) in [6.45, 7) is 0. The van der Waals surface area contributed by atoms with E-state index in [1.54, 1.807) is 31.3 Å². The van der Waals surface area contributed by atoms with Gasteiger partial charge in [-0.05, 0) is 24.3 Å². The molecule has 0 bridgehead atoms. The topological polar surface area (TPSA) is 82.3 Å². The molecule has 6 nitrogen and oxygen atoms in total. The van der Waals surface area contributed by atoms with Gasteiger partial charge in [-0.3, -0.25) is 15.6 Å². The molecule has 4 N–H and O–H groups in total. The van der Waals surface area contributed by atoms with Crippen LogP contribution in [0.4, 0.5) is 16.2 Å². The first-order valence-corrected chi connectivity index (χ1v) is 4.30. The highest BCUT2D eigenvalue weighted by Crippen LogP contribution is 2.12. The third-order valence-corrected chi connectivity index (χ3v) is 1.65. The van der Waals surface area contributed by atoms with E-state index in [0.29, 0.717) is 12.1 Å². The summed E-state index contributed by atoms with van der Waals surface area (Å²) in [6.07, 6.45) is 0.538. The van der Waals surface area contributed by atoms with E-state index in [2.05, 4.69) is 21.5 Å². The molecule has 0 aromatic heterocycles. The van der Waals surface area contributed by atoms with Crippen LogP contribution in [0.25, 0.3) is 0 Å². The third-order valence-electron chi connectivity index (χ3n) is 1.65. The molecular weight excluding hydrogens is 196 g/mol. The van der Waals surface area contributed by atoms with Gasteiger partial charge in [0.1, 0.15) is 0 Å². The second-order valence-corrected chi connectivity index (χ2v) is 2.67. The predicted octanol–water partition coefficient (Wildman–Crippen LogP) is 0.511. The molecule has 0 heterocycles. The molecule has 80 valence electrons. The largest absolute Gasteiger partial charge is 0.341 e. The number of benzene rings is 1. The van der Waals surface area contributed by atoms with E-state index in [1.165, 1.54) is 0 Å². The molecule has 1 aromatic carbocycles. The number of rotatable bonds is 4. The van der Waals surface area contributed by atoms with Crippen molar-refractivity contribution in [3.8, 4) is 0 Å². The van der Waals surface area contributed by atoms with Crippen LogP contribution in [-0.4, -0.2) is 19.5 Å². The van der Waals surface area contributed by atoms with Gasteiger partial charge in [-0.25, -0.2) is 4.79 Å². The Morgan fingerprint density at radius 1 is 1.20 bits per heavy atom. The minimum Gasteiger partial charge on any atom is -0.341 e. The minimum atomic E-state index is -0.276. The lowest BCUT2D eigenvalue weighted by molar-refractivity contribution is -0.109. The maximum atomic E-state index is 10.9. The first-order chi connectivity index (χ1) is 7.26. The predicted molar refractivity (Wildman–Crippen MR) is 57.3 cm³/mol. The van der Waals surface area contributed by atoms with Crippen molar-refractivity contribution in [1.82, 2.24) is 10.7 Å². The van der Waals surface area contributed by atoms with E-state index in [4.69, 9.17) is 0 Å². The van der Waals surface area contributed by atoms with Crippen molar-refractivity contribution in [3.63, 3.8) is 0 Å². The Bertz CT molecular complexity index is 336. The molecular formula is C9H12N4O2. The third kappa shape index (κ3) is 3.55. The average Bonchev–Trinajstić information content (AvgIpc) is 2.28. The summed E-state index contributed by atoms with van der Waals surface area (Å²) >= 11 is 0. The Kier molecular flexibility index (Phi) is 3.96. The molecule has 0 aliphatic carbocycles. The van der Waals surface area contributed by atoms with Crippen LogP contribution in [0.2, 0.25) is 0 Å². The van der Waals surface area contributed by atoms with Gasteiger partial charge in [0.25, 0.3) is 0 Å². The van der Waals surface area contributed by atoms with Crippen molar-refractivity contribution < 1.29 is 9.59 Å². The first-order valence-electron chi connectivity index (χ1n) is 4.30. The fourth-order valence-corrected chi connectivity index (χ4v) is 0.943. The zero-order valence-corrected chi connectivity index (χ0v) is 8.20. The van der Waals surface area contributed by atoms with Crippen LogP contribution in [0.5, 0.6) is 0 Å². The molecule has 0 saturated heterocycles. The lowest BCUT2D eigenvalue weighted by atomic mass is 10.3. The van der Waals surface area contributed by atoms with Gasteiger partial charge in [0.2, 0.25) is 6.41 Å². The van der Waals surface area contributed by atoms with Crippen molar-refractivity contribution in [1.29, 1.82) is 0 Å². The zero-order chi connectivity index (χ0) is 11.1. The summed E-state index contributed by atoms with van der Waals surface area (Å²) < 4.78 is 0. The Morgan fingerprint density at radius 2 is 1.80 bits per heavy atom. The number of carbonyl (C=O) groups is 2. The van der Waals surface area contributed by atoms with E-state index in [9.17, 15) is 9.59 Å². The van der Waals surface area contributed by atoms with Crippen molar-refractivity contribution in [3.05, 3.63) is 24.3 Å². The molecule has 6 heteroatoms. The number of amides is 3. The normalized spacial score (nSPS) is 8.87. The highest BCUT2D eigenvalue weighted by atomic mass is 16.2. The molecule has 1 aromatic rings. The van der Waals surface area contributed by atoms with Gasteiger partial charge >= 0.3 is 6.03 Å². The second kappa shape index (κ2) is 5.48. The maximum absolute atomic E-state index is 10.9. The molecule has 15 heavy (non-hydrogen) atoms. The smallest absolute Gasteiger partial charge is 0.318 e. The fraction of sp³-hybridized carbons (Fsp3) is 0.111. The van der Waals surface area contributed by atoms with Crippen LogP contribution < -0.4 is 21.5 Å². The van der Waals surface area contributed by atoms with Crippen LogP contribution in [0, 0.1) is 0 Å². The van der Waals surface area contributed by atoms with E-state index in [1.807, 2.05) is 0 Å². The molecule has 0 radical (unpaired) electrons. The Balaban J connectivity index is 2.55. The van der Waals surface area contributed by atoms with Gasteiger partial charge < -0.3 is 10.6 Å². The summed E-state index contributed by atoms with van der Waals surface area (Å²) in [7, 11) is 1.54. The Labute approximate surface area is 87.0 Å². The quantitative estimate of drug-likeness (QED) is 0.430. The van der Waals surface area contributed by atoms with Gasteiger partial charge in [0.05, 0.1) is 5.69 Å². The van der Waals surface area contributed by atoms with Gasteiger partial charge in [-0.15, -0.1) is 0 Å². The summed E-state index contributed by atoms with van der Waals surface area (Å²) in [5, 5.41) is 5.05. The lowest BCUT2D eigenvalue weighted by Gasteiger charge is -2.06. The molecule has 0 spiro atoms. The van der Waals surface area contributed by atoms with Crippen molar-refractivity contribution >= 4 is 23.8 Å². The number of hydrogen-bond acceptors (Lipinski definition) is 3. The number of anilines is 2. The monoisotopic (exact) mass is 208 g/mol. The molecule has 0 atom stereocenters. The summed E-state index contributed by atoms with van der Waals surface area (Å²) in [6, 6.07) is 6.60. The molecule has 0 aliphatic rings. The molecule has 0 unspecified atom stereocenters. The van der Waals surface area contributed by atoms with Crippen molar-refractivity contribution in [2.24, 2.45) is 0 Å². The van der Waals surface area contributed by atoms with Gasteiger partial charge in [-0.1, -0.05) is 0 Å². The first kappa shape index (κ1) is 10.8. The maximum Gasteiger partial charge on any atom is 0.318 e. The molecule has 1 rings (SSSR count). The van der Waals surface area contributed by atoms with Gasteiger partial charge in [0.15, 0.2) is 0 Å². The van der Waals surface area contributed by atoms with Gasteiger partial charge in [0, 0.05) is 12.7 Å². The number of nitrogens with one attached hydrogen (secondary N) is 4. The molecule has 0 aliphatic heterocycles. The summed E-state index contributed by atoms with van der Waals surface area (Å²) in [4.78, 5) is 20.9. The Hall–Kier alpha value is -2.24. The average molecular weight is 208 g/mol. The number of hydrogen-bond donors (Lipinski definition) is 4. The highest BCUT2D eigenvalue weighted by Gasteiger charge is 1.97. The number of urea groups is 1. The van der Waals surface area contributed by atoms with Crippen molar-refractivity contribution in [2.45, 2.75) is 0 Å². The van der Waals surface area contributed by atoms with Crippen LogP contribution in [0.15, 0.2) is 24.3 Å². The highest BCUT2D eigenvalue weighted by molar-refractivity contribution is 5.89. The second-order valence-electron chi connectivity index (χ2n) is 2.67. The fourth-order valence-electron chi connectivity index (χ4n) is 0.943. The summed E-state index contributed by atoms with van der Waals surface area (Å²) in [5.74, 6) is 0. The lowest BCUT2D eigenvalue weighted by Crippen LogP contribution is -2.24. The van der Waals surface area contributed by atoms with Crippen LogP contribution in [0.3, 0.4) is 0 Å². The SMILES string of the molecule is CNC(=O)Nc1ccc(NNC=O)cc1. The van der Waals surface area contributed by atoms with E-state index in [0.717, 1.165) is 5.69 Å². The van der Waals surface area contributed by atoms with Crippen LogP contribution >= 0.6 is 0 Å². The molecule has 3 amide bonds. The van der Waals surface area contributed by atoms with Crippen molar-refractivity contribution in [2.75, 3.05) is 17.8 Å². The zero-order valence-electron chi connectivity index (χ0n) is 8.20. The van der Waals surface area contributed by atoms with Crippen LogP contribution in [-0.2, 0) is 4.79 Å². The minimum absolute atomic E-state index is 0.276. The molecule has 0 saturated carbocycles.